The Morgan fingerprint density at radius 3 is 2.72 bits per heavy atom. The first kappa shape index (κ1) is 21.5. The lowest BCUT2D eigenvalue weighted by atomic mass is 10.1. The number of nitrogens with one attached hydrogen (secondary N) is 1. The zero-order valence-electron chi connectivity index (χ0n) is 16.9. The van der Waals surface area contributed by atoms with Crippen molar-refractivity contribution in [3.63, 3.8) is 0 Å². The molecule has 3 rings (SSSR count). The van der Waals surface area contributed by atoms with Crippen molar-refractivity contribution in [1.82, 2.24) is 10.2 Å². The number of ether oxygens (including phenoxy) is 1. The van der Waals surface area contributed by atoms with Gasteiger partial charge in [-0.3, -0.25) is 4.79 Å². The molecule has 1 aliphatic carbocycles. The summed E-state index contributed by atoms with van der Waals surface area (Å²) in [6.45, 7) is 3.33. The molecule has 7 heteroatoms. The summed E-state index contributed by atoms with van der Waals surface area (Å²) in [5.41, 5.74) is 3.29. The molecule has 0 unspecified atom stereocenters. The molecule has 0 heterocycles. The number of amides is 1. The van der Waals surface area contributed by atoms with Gasteiger partial charge < -0.3 is 20.1 Å². The van der Waals surface area contributed by atoms with E-state index in [0.717, 1.165) is 33.7 Å². The van der Waals surface area contributed by atoms with Crippen LogP contribution in [0.25, 0.3) is 0 Å². The number of likely N-dealkylation sites (N-methyl/N-ethyl adjacent to an activating group) is 1. The normalized spacial score (nSPS) is 18.4. The van der Waals surface area contributed by atoms with E-state index in [0.29, 0.717) is 18.6 Å². The van der Waals surface area contributed by atoms with Gasteiger partial charge in [-0.2, -0.15) is 0 Å². The Hall–Kier alpha value is -2.22. The number of benzene rings is 2. The molecule has 0 aromatic heterocycles. The fraction of sp³-hybridized carbons (Fsp3) is 0.364. The van der Waals surface area contributed by atoms with Crippen LogP contribution in [0.4, 0.5) is 5.69 Å². The van der Waals surface area contributed by atoms with E-state index in [1.807, 2.05) is 49.2 Å². The number of aliphatic hydroxyl groups is 1. The smallest absolute Gasteiger partial charge is 0.251 e. The summed E-state index contributed by atoms with van der Waals surface area (Å²) in [6.07, 6.45) is -0.147. The summed E-state index contributed by atoms with van der Waals surface area (Å²) in [4.78, 5) is 19.3. The molecule has 2 N–H and O–H groups in total. The third-order valence-electron chi connectivity index (χ3n) is 5.15. The molecule has 0 saturated carbocycles. The number of carbonyl (C=O) groups is 1. The van der Waals surface area contributed by atoms with Gasteiger partial charge in [0.1, 0.15) is 5.84 Å². The van der Waals surface area contributed by atoms with Gasteiger partial charge in [-0.25, -0.2) is 4.99 Å². The molecule has 1 amide bonds. The summed E-state index contributed by atoms with van der Waals surface area (Å²) < 4.78 is 6.02. The van der Waals surface area contributed by atoms with Crippen molar-refractivity contribution in [3.05, 3.63) is 63.6 Å². The van der Waals surface area contributed by atoms with Gasteiger partial charge in [-0.15, -0.1) is 0 Å². The fourth-order valence-corrected chi connectivity index (χ4v) is 3.60. The van der Waals surface area contributed by atoms with Crippen LogP contribution < -0.4 is 5.32 Å². The first-order chi connectivity index (χ1) is 13.9. The number of amidine groups is 1. The molecule has 0 saturated heterocycles. The molecular formula is C22H26BrN3O3. The number of aliphatic imine (C=N–C) groups is 1. The first-order valence-electron chi connectivity index (χ1n) is 9.51. The fourth-order valence-electron chi connectivity index (χ4n) is 3.34. The monoisotopic (exact) mass is 459 g/mol. The topological polar surface area (TPSA) is 74.2 Å². The lowest BCUT2D eigenvalue weighted by molar-refractivity contribution is 0.0858. The molecule has 2 aromatic rings. The number of nitrogens with zero attached hydrogens (tertiary/aromatic N) is 2. The van der Waals surface area contributed by atoms with E-state index >= 15 is 0 Å². The van der Waals surface area contributed by atoms with Gasteiger partial charge in [0, 0.05) is 37.2 Å². The lowest BCUT2D eigenvalue weighted by Crippen LogP contribution is -2.33. The van der Waals surface area contributed by atoms with Gasteiger partial charge in [0.05, 0.1) is 24.4 Å². The Balaban J connectivity index is 1.79. The molecule has 154 valence electrons. The number of carbonyl (C=O) groups excluding carboxylic acids is 1. The average molecular weight is 460 g/mol. The van der Waals surface area contributed by atoms with Crippen molar-refractivity contribution in [2.24, 2.45) is 4.99 Å². The van der Waals surface area contributed by atoms with Gasteiger partial charge in [-0.05, 0) is 54.4 Å². The van der Waals surface area contributed by atoms with Crippen LogP contribution in [0.3, 0.4) is 0 Å². The molecule has 0 aliphatic heterocycles. The van der Waals surface area contributed by atoms with Gasteiger partial charge in [0.15, 0.2) is 0 Å². The minimum Gasteiger partial charge on any atom is -0.390 e. The second kappa shape index (κ2) is 9.52. The number of methoxy groups -OCH3 is 1. The Bertz CT molecular complexity index is 899. The quantitative estimate of drug-likeness (QED) is 0.512. The largest absolute Gasteiger partial charge is 0.390 e. The Labute approximate surface area is 179 Å². The van der Waals surface area contributed by atoms with E-state index in [-0.39, 0.29) is 5.91 Å². The van der Waals surface area contributed by atoms with E-state index in [4.69, 9.17) is 4.74 Å². The Morgan fingerprint density at radius 1 is 1.31 bits per heavy atom. The summed E-state index contributed by atoms with van der Waals surface area (Å²) in [6, 6.07) is 12.6. The van der Waals surface area contributed by atoms with E-state index in [9.17, 15) is 9.90 Å². The molecule has 1 aliphatic rings. The molecule has 2 aromatic carbocycles. The van der Waals surface area contributed by atoms with Crippen LogP contribution in [0.15, 0.2) is 51.9 Å². The van der Waals surface area contributed by atoms with Crippen LogP contribution in [-0.2, 0) is 11.2 Å². The van der Waals surface area contributed by atoms with Crippen molar-refractivity contribution >= 4 is 33.4 Å². The third-order valence-corrected chi connectivity index (χ3v) is 5.67. The highest BCUT2D eigenvalue weighted by Crippen LogP contribution is 2.34. The molecule has 0 fully saturated rings. The molecule has 0 bridgehead atoms. The number of fused-ring (bicyclic) bond motifs is 1. The average Bonchev–Trinajstić information content (AvgIpc) is 3.01. The highest BCUT2D eigenvalue weighted by molar-refractivity contribution is 9.10. The zero-order valence-corrected chi connectivity index (χ0v) is 18.4. The molecule has 0 spiro atoms. The highest BCUT2D eigenvalue weighted by atomic mass is 79.9. The van der Waals surface area contributed by atoms with Crippen molar-refractivity contribution in [2.45, 2.75) is 25.5 Å². The number of hydrogen-bond acceptors (Lipinski definition) is 4. The SMILES string of the molecule is COCCN(C)/C(C)=N/c1ccc2c(c1)[C@@H](NC(=O)c1ccc(Br)cc1)[C@H](O)C2. The minimum atomic E-state index is -0.658. The molecule has 29 heavy (non-hydrogen) atoms. The number of hydrogen-bond donors (Lipinski definition) is 2. The maximum atomic E-state index is 12.6. The Morgan fingerprint density at radius 2 is 2.03 bits per heavy atom. The van der Waals surface area contributed by atoms with E-state index < -0.39 is 12.1 Å². The third kappa shape index (κ3) is 5.23. The van der Waals surface area contributed by atoms with Crippen LogP contribution >= 0.6 is 15.9 Å². The van der Waals surface area contributed by atoms with Crippen molar-refractivity contribution in [3.8, 4) is 0 Å². The number of rotatable bonds is 6. The number of halogens is 1. The van der Waals surface area contributed by atoms with Crippen molar-refractivity contribution in [2.75, 3.05) is 27.3 Å². The predicted octanol–water partition coefficient (Wildman–Crippen LogP) is 3.47. The summed E-state index contributed by atoms with van der Waals surface area (Å²) in [5.74, 6) is 0.662. The lowest BCUT2D eigenvalue weighted by Gasteiger charge is -2.19. The maximum absolute atomic E-state index is 12.6. The summed E-state index contributed by atoms with van der Waals surface area (Å²) >= 11 is 3.37. The van der Waals surface area contributed by atoms with Gasteiger partial charge in [0.25, 0.3) is 5.91 Å². The van der Waals surface area contributed by atoms with Crippen LogP contribution in [0, 0.1) is 0 Å². The van der Waals surface area contributed by atoms with Gasteiger partial charge in [0.2, 0.25) is 0 Å². The standard InChI is InChI=1S/C22H26BrN3O3/c1-14(26(2)10-11-29-3)24-18-9-6-16-12-20(27)21(19(16)13-18)25-22(28)15-4-7-17(23)8-5-15/h4-9,13,20-21,27H,10-12H2,1-3H3,(H,25,28)/b24-14+/t20-,21-/m1/s1. The summed E-state index contributed by atoms with van der Waals surface area (Å²) in [7, 11) is 3.64. The second-order valence-electron chi connectivity index (χ2n) is 7.19. The van der Waals surface area contributed by atoms with Crippen molar-refractivity contribution in [1.29, 1.82) is 0 Å². The Kier molecular flexibility index (Phi) is 7.05. The second-order valence-corrected chi connectivity index (χ2v) is 8.10. The first-order valence-corrected chi connectivity index (χ1v) is 10.3. The van der Waals surface area contributed by atoms with Crippen LogP contribution in [-0.4, -0.2) is 55.2 Å². The van der Waals surface area contributed by atoms with Gasteiger partial charge >= 0.3 is 0 Å². The molecule has 2 atom stereocenters. The van der Waals surface area contributed by atoms with Crippen LogP contribution in [0.2, 0.25) is 0 Å². The molecule has 6 nitrogen and oxygen atoms in total. The minimum absolute atomic E-state index is 0.209. The number of aliphatic hydroxyl groups excluding tert-OH is 1. The maximum Gasteiger partial charge on any atom is 0.251 e. The van der Waals surface area contributed by atoms with Crippen LogP contribution in [0.5, 0.6) is 0 Å². The van der Waals surface area contributed by atoms with Crippen molar-refractivity contribution < 1.29 is 14.6 Å². The van der Waals surface area contributed by atoms with E-state index in [1.165, 1.54) is 0 Å². The van der Waals surface area contributed by atoms with E-state index in [2.05, 4.69) is 26.2 Å². The summed E-state index contributed by atoms with van der Waals surface area (Å²) in [5, 5.41) is 13.5. The zero-order chi connectivity index (χ0) is 21.0. The van der Waals surface area contributed by atoms with Crippen LogP contribution in [0.1, 0.15) is 34.5 Å². The highest BCUT2D eigenvalue weighted by Gasteiger charge is 2.32. The molecule has 0 radical (unpaired) electrons. The molecular weight excluding hydrogens is 434 g/mol. The predicted molar refractivity (Wildman–Crippen MR) is 118 cm³/mol. The van der Waals surface area contributed by atoms with E-state index in [1.54, 1.807) is 19.2 Å². The van der Waals surface area contributed by atoms with Gasteiger partial charge in [-0.1, -0.05) is 22.0 Å².